The van der Waals surface area contributed by atoms with E-state index in [2.05, 4.69) is 20.5 Å². The van der Waals surface area contributed by atoms with E-state index in [1.165, 1.54) is 30.7 Å². The first-order valence-electron chi connectivity index (χ1n) is 8.53. The second kappa shape index (κ2) is 8.53. The lowest BCUT2D eigenvalue weighted by molar-refractivity contribution is -0.115. The number of hydrogen-bond acceptors (Lipinski definition) is 6. The maximum absolute atomic E-state index is 12.3. The molecule has 7 nitrogen and oxygen atoms in total. The number of rotatable bonds is 5. The lowest BCUT2D eigenvalue weighted by Crippen LogP contribution is -2.24. The number of nitrogens with one attached hydrogen (secondary N) is 1. The van der Waals surface area contributed by atoms with Gasteiger partial charge in [0.25, 0.3) is 5.91 Å². The molecule has 1 aromatic carbocycles. The molecule has 8 heteroatoms. The van der Waals surface area contributed by atoms with Gasteiger partial charge in [-0.1, -0.05) is 18.2 Å². The third kappa shape index (κ3) is 4.29. The van der Waals surface area contributed by atoms with Crippen LogP contribution in [0.15, 0.2) is 53.2 Å². The highest BCUT2D eigenvalue weighted by Gasteiger charge is 2.21. The van der Waals surface area contributed by atoms with Crippen LogP contribution >= 0.6 is 11.3 Å². The lowest BCUT2D eigenvalue weighted by atomic mass is 10.1. The van der Waals surface area contributed by atoms with Gasteiger partial charge in [-0.3, -0.25) is 19.5 Å². The number of hydrogen-bond donors (Lipinski definition) is 1. The van der Waals surface area contributed by atoms with Gasteiger partial charge in [-0.25, -0.2) is 10.4 Å². The molecule has 0 unspecified atom stereocenters. The Morgan fingerprint density at radius 2 is 1.93 bits per heavy atom. The Morgan fingerprint density at radius 3 is 2.57 bits per heavy atom. The van der Waals surface area contributed by atoms with E-state index >= 15 is 0 Å². The first-order chi connectivity index (χ1) is 13.5. The van der Waals surface area contributed by atoms with E-state index in [9.17, 15) is 9.59 Å². The maximum Gasteiger partial charge on any atom is 0.272 e. The number of hydrazone groups is 1. The second-order valence-corrected chi connectivity index (χ2v) is 6.93. The predicted octanol–water partition coefficient (Wildman–Crippen LogP) is 3.60. The van der Waals surface area contributed by atoms with Gasteiger partial charge < -0.3 is 0 Å². The summed E-state index contributed by atoms with van der Waals surface area (Å²) >= 11 is 1.33. The number of anilines is 2. The zero-order valence-corrected chi connectivity index (χ0v) is 16.5. The van der Waals surface area contributed by atoms with Gasteiger partial charge in [0.15, 0.2) is 5.13 Å². The van der Waals surface area contributed by atoms with Crippen LogP contribution in [0.5, 0.6) is 0 Å². The van der Waals surface area contributed by atoms with Crippen molar-refractivity contribution in [2.24, 2.45) is 5.10 Å². The molecule has 0 aliphatic heterocycles. The molecule has 0 spiro atoms. The third-order valence-electron chi connectivity index (χ3n) is 3.97. The minimum atomic E-state index is -0.360. The van der Waals surface area contributed by atoms with Gasteiger partial charge in [-0.2, -0.15) is 5.10 Å². The van der Waals surface area contributed by atoms with Crippen molar-refractivity contribution in [3.63, 3.8) is 0 Å². The molecule has 0 bridgehead atoms. The largest absolute Gasteiger partial charge is 0.274 e. The Balaban J connectivity index is 1.78. The van der Waals surface area contributed by atoms with E-state index < -0.39 is 0 Å². The topological polar surface area (TPSA) is 87.5 Å². The molecular formula is C20H19N5O2S. The summed E-state index contributed by atoms with van der Waals surface area (Å²) in [5, 5.41) is 6.25. The highest BCUT2D eigenvalue weighted by Crippen LogP contribution is 2.33. The molecular weight excluding hydrogens is 374 g/mol. The number of aromatic nitrogens is 2. The maximum atomic E-state index is 12.3. The van der Waals surface area contributed by atoms with Crippen LogP contribution in [-0.2, 0) is 4.79 Å². The number of nitrogens with zero attached hydrogens (tertiary/aromatic N) is 4. The van der Waals surface area contributed by atoms with E-state index in [0.717, 1.165) is 16.8 Å². The van der Waals surface area contributed by atoms with Crippen LogP contribution in [0.2, 0.25) is 0 Å². The lowest BCUT2D eigenvalue weighted by Gasteiger charge is -2.22. The molecule has 142 valence electrons. The standard InChI is InChI=1S/C20H19N5O2S/c1-13-6-4-7-14(2)18(13)25(15(3)26)20-23-17(12-28-20)11-22-24-19(27)16-8-5-9-21-10-16/h4-12H,1-3H3,(H,24,27)/b22-11-. The number of carbonyl (C=O) groups is 2. The van der Waals surface area contributed by atoms with E-state index in [1.807, 2.05) is 32.0 Å². The monoisotopic (exact) mass is 393 g/mol. The first kappa shape index (κ1) is 19.4. The number of carbonyl (C=O) groups excluding carboxylic acids is 2. The zero-order valence-electron chi connectivity index (χ0n) is 15.7. The number of aryl methyl sites for hydroxylation is 2. The van der Waals surface area contributed by atoms with Crippen LogP contribution in [0.3, 0.4) is 0 Å². The van der Waals surface area contributed by atoms with Crippen molar-refractivity contribution in [3.8, 4) is 0 Å². The quantitative estimate of drug-likeness (QED) is 0.530. The van der Waals surface area contributed by atoms with Crippen molar-refractivity contribution < 1.29 is 9.59 Å². The van der Waals surface area contributed by atoms with Gasteiger partial charge in [0.1, 0.15) is 0 Å². The fourth-order valence-corrected chi connectivity index (χ4v) is 3.53. The van der Waals surface area contributed by atoms with Gasteiger partial charge >= 0.3 is 0 Å². The summed E-state index contributed by atoms with van der Waals surface area (Å²) in [5.74, 6) is -0.485. The predicted molar refractivity (Wildman–Crippen MR) is 110 cm³/mol. The summed E-state index contributed by atoms with van der Waals surface area (Å²) in [6.45, 7) is 5.43. The van der Waals surface area contributed by atoms with E-state index in [-0.39, 0.29) is 11.8 Å². The molecule has 2 heterocycles. The molecule has 0 fully saturated rings. The molecule has 3 aromatic rings. The molecule has 0 radical (unpaired) electrons. The highest BCUT2D eigenvalue weighted by molar-refractivity contribution is 7.14. The van der Waals surface area contributed by atoms with E-state index in [4.69, 9.17) is 0 Å². The van der Waals surface area contributed by atoms with Gasteiger partial charge in [-0.15, -0.1) is 11.3 Å². The third-order valence-corrected chi connectivity index (χ3v) is 4.81. The number of thiazole rings is 1. The van der Waals surface area contributed by atoms with Gasteiger partial charge in [-0.05, 0) is 37.1 Å². The van der Waals surface area contributed by atoms with E-state index in [0.29, 0.717) is 16.4 Å². The molecule has 2 amide bonds. The normalized spacial score (nSPS) is 10.8. The van der Waals surface area contributed by atoms with Crippen molar-refractivity contribution in [2.45, 2.75) is 20.8 Å². The van der Waals surface area contributed by atoms with Crippen molar-refractivity contribution in [1.82, 2.24) is 15.4 Å². The van der Waals surface area contributed by atoms with E-state index in [1.54, 1.807) is 28.6 Å². The van der Waals surface area contributed by atoms with Crippen LogP contribution in [0.25, 0.3) is 0 Å². The molecule has 28 heavy (non-hydrogen) atoms. The van der Waals surface area contributed by atoms with Crippen molar-refractivity contribution in [3.05, 3.63) is 70.5 Å². The summed E-state index contributed by atoms with van der Waals surface area (Å²) < 4.78 is 0. The fourth-order valence-electron chi connectivity index (χ4n) is 2.70. The smallest absolute Gasteiger partial charge is 0.272 e. The summed E-state index contributed by atoms with van der Waals surface area (Å²) in [7, 11) is 0. The summed E-state index contributed by atoms with van der Waals surface area (Å²) in [6, 6.07) is 9.20. The average Bonchev–Trinajstić information content (AvgIpc) is 3.13. The van der Waals surface area contributed by atoms with Crippen LogP contribution in [-0.4, -0.2) is 28.0 Å². The summed E-state index contributed by atoms with van der Waals surface area (Å²) in [5.41, 5.74) is 6.20. The first-order valence-corrected chi connectivity index (χ1v) is 9.41. The van der Waals surface area contributed by atoms with Gasteiger partial charge in [0.2, 0.25) is 5.91 Å². The SMILES string of the molecule is CC(=O)N(c1nc(/C=N\NC(=O)c2cccnc2)cs1)c1c(C)cccc1C. The summed E-state index contributed by atoms with van der Waals surface area (Å²) in [4.78, 5) is 34.2. The Hall–Kier alpha value is -3.39. The minimum Gasteiger partial charge on any atom is -0.274 e. The Labute approximate surface area is 166 Å². The van der Waals surface area contributed by atoms with Crippen molar-refractivity contribution >= 4 is 40.2 Å². The minimum absolute atomic E-state index is 0.125. The van der Waals surface area contributed by atoms with Crippen LogP contribution in [0.4, 0.5) is 10.8 Å². The zero-order chi connectivity index (χ0) is 20.1. The molecule has 0 aliphatic carbocycles. The molecule has 0 saturated heterocycles. The van der Waals surface area contributed by atoms with Gasteiger partial charge in [0, 0.05) is 24.7 Å². The number of para-hydroxylation sites is 1. The van der Waals surface area contributed by atoms with Gasteiger partial charge in [0.05, 0.1) is 23.2 Å². The Morgan fingerprint density at radius 1 is 1.18 bits per heavy atom. The van der Waals surface area contributed by atoms with Crippen molar-refractivity contribution in [1.29, 1.82) is 0 Å². The molecule has 0 aliphatic rings. The number of benzene rings is 1. The number of pyridine rings is 1. The Kier molecular flexibility index (Phi) is 5.90. The van der Waals surface area contributed by atoms with Crippen LogP contribution < -0.4 is 10.3 Å². The highest BCUT2D eigenvalue weighted by atomic mass is 32.1. The molecule has 0 saturated carbocycles. The average molecular weight is 393 g/mol. The molecule has 2 aromatic heterocycles. The van der Waals surface area contributed by atoms with Crippen LogP contribution in [0, 0.1) is 13.8 Å². The van der Waals surface area contributed by atoms with Crippen molar-refractivity contribution in [2.75, 3.05) is 4.90 Å². The summed E-state index contributed by atoms with van der Waals surface area (Å²) in [6.07, 6.45) is 4.49. The Bertz CT molecular complexity index is 1010. The molecule has 1 N–H and O–H groups in total. The number of amides is 2. The fraction of sp³-hybridized carbons (Fsp3) is 0.150. The molecule has 3 rings (SSSR count). The van der Waals surface area contributed by atoms with Crippen LogP contribution in [0.1, 0.15) is 34.1 Å². The second-order valence-electron chi connectivity index (χ2n) is 6.09. The molecule has 0 atom stereocenters.